The first-order valence-corrected chi connectivity index (χ1v) is 43.0. The van der Waals surface area contributed by atoms with E-state index in [4.69, 9.17) is 15.0 Å². The second-order valence-electron chi connectivity index (χ2n) is 32.8. The van der Waals surface area contributed by atoms with Gasteiger partial charge in [0.25, 0.3) is 0 Å². The van der Waals surface area contributed by atoms with Gasteiger partial charge in [-0.05, 0) is 199 Å². The Hall–Kier alpha value is -16.4. The summed E-state index contributed by atoms with van der Waals surface area (Å²) < 4.78 is 7.19. The number of hydrogen-bond donors (Lipinski definition) is 0. The quantitative estimate of drug-likeness (QED) is 0.143. The molecule has 6 heterocycles. The van der Waals surface area contributed by atoms with E-state index in [-0.39, 0.29) is 0 Å². The van der Waals surface area contributed by atoms with Crippen LogP contribution in [0.2, 0.25) is 0 Å². The summed E-state index contributed by atoms with van der Waals surface area (Å²) in [6.45, 7) is 4.42. The Kier molecular flexibility index (Phi) is 17.3. The summed E-state index contributed by atoms with van der Waals surface area (Å²) in [7, 11) is 0. The number of aromatic nitrogens is 6. The van der Waals surface area contributed by atoms with Gasteiger partial charge in [-0.3, -0.25) is 0 Å². The van der Waals surface area contributed by atoms with Gasteiger partial charge in [0.1, 0.15) is 0 Å². The van der Waals surface area contributed by atoms with E-state index >= 15 is 0 Å². The largest absolute Gasteiger partial charge is 0.309 e. The number of hydrogen-bond acceptors (Lipinski definition) is 3. The van der Waals surface area contributed by atoms with E-state index in [1.165, 1.54) is 185 Å². The lowest BCUT2D eigenvalue weighted by Gasteiger charge is -2.17. The summed E-state index contributed by atoms with van der Waals surface area (Å²) >= 11 is 0. The summed E-state index contributed by atoms with van der Waals surface area (Å²) in [5, 5.41) is 26.0. The maximum Gasteiger partial charge on any atom is 0.0794 e. The topological polar surface area (TPSA) is 53.5 Å². The fraction of sp³-hybridized carbons (Fsp3) is 0.0168. The second-order valence-corrected chi connectivity index (χ2v) is 32.8. The van der Waals surface area contributed by atoms with Crippen molar-refractivity contribution in [2.24, 2.45) is 0 Å². The molecule has 0 saturated carbocycles. The predicted octanol–water partition coefficient (Wildman–Crippen LogP) is 31.9. The van der Waals surface area contributed by atoms with Crippen LogP contribution in [0.5, 0.6) is 0 Å². The molecule has 0 aliphatic heterocycles. The summed E-state index contributed by atoms with van der Waals surface area (Å²) in [6.07, 6.45) is 0. The molecule has 0 atom stereocenters. The van der Waals surface area contributed by atoms with Crippen molar-refractivity contribution in [3.05, 3.63) is 448 Å². The maximum atomic E-state index is 5.40. The van der Waals surface area contributed by atoms with Crippen molar-refractivity contribution in [1.82, 2.24) is 28.7 Å². The molecule has 20 aromatic carbocycles. The number of rotatable bonds is 8. The lowest BCUT2D eigenvalue weighted by molar-refractivity contribution is 1.14. The lowest BCUT2D eigenvalue weighted by atomic mass is 9.94. The van der Waals surface area contributed by atoms with Crippen LogP contribution in [0.15, 0.2) is 437 Å². The number of benzene rings is 20. The number of pyridine rings is 3. The van der Waals surface area contributed by atoms with E-state index in [9.17, 15) is 0 Å². The molecule has 0 fully saturated rings. The van der Waals surface area contributed by atoms with Crippen LogP contribution in [-0.2, 0) is 0 Å². The van der Waals surface area contributed by atoms with Gasteiger partial charge in [-0.1, -0.05) is 328 Å². The molecule has 0 radical (unpaired) electrons. The van der Waals surface area contributed by atoms with Crippen LogP contribution in [0.1, 0.15) is 11.1 Å². The van der Waals surface area contributed by atoms with Crippen molar-refractivity contribution >= 4 is 163 Å². The fourth-order valence-corrected chi connectivity index (χ4v) is 20.1. The molecule has 26 rings (SSSR count). The van der Waals surface area contributed by atoms with Crippen molar-refractivity contribution in [2.75, 3.05) is 0 Å². The Morgan fingerprint density at radius 2 is 0.440 bits per heavy atom. The summed E-state index contributed by atoms with van der Waals surface area (Å²) in [6, 6.07) is 157. The Bertz CT molecular complexity index is 8660. The molecule has 6 aromatic heterocycles. The molecular weight excluding hydrogens is 1510 g/mol. The summed E-state index contributed by atoms with van der Waals surface area (Å²) in [4.78, 5) is 16.0. The van der Waals surface area contributed by atoms with E-state index in [1.807, 2.05) is 0 Å². The molecule has 0 spiro atoms. The molecule has 584 valence electrons. The fourth-order valence-electron chi connectivity index (χ4n) is 20.1. The van der Waals surface area contributed by atoms with Gasteiger partial charge in [0.05, 0.1) is 72.4 Å². The monoisotopic (exact) mass is 1590 g/mol. The van der Waals surface area contributed by atoms with E-state index in [1.54, 1.807) is 0 Å². The zero-order valence-corrected chi connectivity index (χ0v) is 68.8. The molecule has 0 unspecified atom stereocenters. The molecule has 6 nitrogen and oxygen atoms in total. The van der Waals surface area contributed by atoms with Gasteiger partial charge in [-0.25, -0.2) is 15.0 Å². The number of nitrogens with zero attached hydrogens (tertiary/aromatic N) is 6. The molecule has 0 N–H and O–H groups in total. The van der Waals surface area contributed by atoms with Crippen molar-refractivity contribution < 1.29 is 0 Å². The SMILES string of the molecule is Cc1cc(-n2c3ccccc3c3ccccc32)c(C)cc1-c1ccc2c3ccccc3c3ccccc3c2n1.c1cc(-c2cccc(-n3c4ccccc4c4ccccc43)c2)cc(-c2ccc3c4ccccc4c4ccccc4c3n2)c1.c1ccc(-c2ccccc2-n2c3ccccc3c3ccccc32)c(-c2ccc3c4ccccc4c4ccccc4c3n2)c1. The predicted molar refractivity (Wildman–Crippen MR) is 530 cm³/mol. The Balaban J connectivity index is 0.000000105. The van der Waals surface area contributed by atoms with E-state index < -0.39 is 0 Å². The minimum atomic E-state index is 0.973. The minimum Gasteiger partial charge on any atom is -0.309 e. The first-order chi connectivity index (χ1) is 61.9. The Labute approximate surface area is 721 Å². The van der Waals surface area contributed by atoms with Crippen molar-refractivity contribution in [1.29, 1.82) is 0 Å². The van der Waals surface area contributed by atoms with Gasteiger partial charge >= 0.3 is 0 Å². The van der Waals surface area contributed by atoms with Gasteiger partial charge < -0.3 is 13.7 Å². The molecule has 26 aromatic rings. The van der Waals surface area contributed by atoms with Crippen LogP contribution < -0.4 is 0 Å². The average Bonchev–Trinajstić information content (AvgIpc) is 1.74. The highest BCUT2D eigenvalue weighted by Gasteiger charge is 2.23. The third-order valence-electron chi connectivity index (χ3n) is 25.8. The van der Waals surface area contributed by atoms with Gasteiger partial charge in [-0.15, -0.1) is 0 Å². The average molecular weight is 1590 g/mol. The van der Waals surface area contributed by atoms with Crippen molar-refractivity contribution in [3.63, 3.8) is 0 Å². The molecule has 0 aliphatic carbocycles. The molecule has 0 amide bonds. The molecule has 0 bridgehead atoms. The first kappa shape index (κ1) is 72.6. The smallest absolute Gasteiger partial charge is 0.0794 e. The molecule has 0 saturated heterocycles. The summed E-state index contributed by atoms with van der Waals surface area (Å²) in [5.41, 5.74) is 27.5. The minimum absolute atomic E-state index is 0.973. The molecule has 6 heteroatoms. The standard InChI is InChI=1S/2C41H26N2.C37H26N2/c1-2-15-29-27(13-1)28-14-4-6-21-35(28)41-36(29)25-26-37(42-41)31-17-5-3-16-30(31)32-18-7-10-22-38(32)43-39-23-11-8-19-33(39)34-20-9-12-24-40(34)43;1-2-17-33-31(15-1)32-16-3-4-20-36(32)41-37(33)23-24-38(42-41)29-13-9-11-27(25-29)28-12-10-14-30(26-28)43-39-21-7-5-18-34(39)35-19-6-8-22-40(35)43;1-23-22-36(39-34-17-9-7-14-28(34)29-15-8-10-18-35(29)39)24(2)21-32(23)33-20-19-31-27-13-4-3-11-25(27)26-12-5-6-16-30(26)37(31)38-33/h2*1-26H;3-22H,1-2H3. The second kappa shape index (κ2) is 29.8. The normalized spacial score (nSPS) is 11.8. The summed E-state index contributed by atoms with van der Waals surface area (Å²) in [5.74, 6) is 0. The van der Waals surface area contributed by atoms with Crippen LogP contribution in [0.4, 0.5) is 0 Å². The van der Waals surface area contributed by atoms with Gasteiger partial charge in [-0.2, -0.15) is 0 Å². The first-order valence-electron chi connectivity index (χ1n) is 43.0. The third-order valence-corrected chi connectivity index (χ3v) is 25.8. The van der Waals surface area contributed by atoms with Gasteiger partial charge in [0.2, 0.25) is 0 Å². The van der Waals surface area contributed by atoms with Crippen LogP contribution in [0.3, 0.4) is 0 Å². The van der Waals surface area contributed by atoms with E-state index in [2.05, 4.69) is 464 Å². The number of aryl methyl sites for hydroxylation is 2. The van der Waals surface area contributed by atoms with E-state index in [0.717, 1.165) is 61.7 Å². The third kappa shape index (κ3) is 12.0. The van der Waals surface area contributed by atoms with Gasteiger partial charge in [0, 0.05) is 98.3 Å². The van der Waals surface area contributed by atoms with Crippen molar-refractivity contribution in [3.8, 4) is 73.1 Å². The Morgan fingerprint density at radius 3 is 0.856 bits per heavy atom. The maximum absolute atomic E-state index is 5.40. The van der Waals surface area contributed by atoms with E-state index in [0.29, 0.717) is 0 Å². The van der Waals surface area contributed by atoms with Crippen LogP contribution in [-0.4, -0.2) is 28.7 Å². The zero-order valence-electron chi connectivity index (χ0n) is 68.8. The van der Waals surface area contributed by atoms with Crippen molar-refractivity contribution in [2.45, 2.75) is 13.8 Å². The molecule has 125 heavy (non-hydrogen) atoms. The lowest BCUT2D eigenvalue weighted by Crippen LogP contribution is -2.00. The zero-order chi connectivity index (χ0) is 82.7. The molecular formula is C119H78N6. The number of para-hydroxylation sites is 7. The molecule has 0 aliphatic rings. The highest BCUT2D eigenvalue weighted by molar-refractivity contribution is 6.27. The van der Waals surface area contributed by atoms with Crippen LogP contribution in [0, 0.1) is 13.8 Å². The Morgan fingerprint density at radius 1 is 0.160 bits per heavy atom. The highest BCUT2D eigenvalue weighted by Crippen LogP contribution is 2.45. The highest BCUT2D eigenvalue weighted by atomic mass is 15.0. The number of fused-ring (bicyclic) bond motifs is 27. The van der Waals surface area contributed by atoms with Crippen LogP contribution >= 0.6 is 0 Å². The van der Waals surface area contributed by atoms with Crippen LogP contribution in [0.25, 0.3) is 236 Å². The van der Waals surface area contributed by atoms with Gasteiger partial charge in [0.15, 0.2) is 0 Å².